The predicted molar refractivity (Wildman–Crippen MR) is 158 cm³/mol. The van der Waals surface area contributed by atoms with Crippen LogP contribution in [-0.4, -0.2) is 19.8 Å². The van der Waals surface area contributed by atoms with Crippen LogP contribution in [0.3, 0.4) is 0 Å². The van der Waals surface area contributed by atoms with E-state index in [1.807, 2.05) is 13.0 Å². The molecule has 0 bridgehead atoms. The van der Waals surface area contributed by atoms with Crippen molar-refractivity contribution in [3.8, 4) is 28.0 Å². The van der Waals surface area contributed by atoms with E-state index < -0.39 is 29.6 Å². The van der Waals surface area contributed by atoms with E-state index in [1.165, 1.54) is 43.5 Å². The summed E-state index contributed by atoms with van der Waals surface area (Å²) in [5.41, 5.74) is 0.923. The van der Waals surface area contributed by atoms with Gasteiger partial charge < -0.3 is 14.2 Å². The third kappa shape index (κ3) is 8.01. The Morgan fingerprint density at radius 3 is 1.98 bits per heavy atom. The predicted octanol–water partition coefficient (Wildman–Crippen LogP) is 10.3. The molecule has 0 atom stereocenters. The van der Waals surface area contributed by atoms with Crippen molar-refractivity contribution in [1.29, 1.82) is 0 Å². The van der Waals surface area contributed by atoms with Gasteiger partial charge >= 0.3 is 0 Å². The van der Waals surface area contributed by atoms with Crippen LogP contribution in [0.25, 0.3) is 22.3 Å². The summed E-state index contributed by atoms with van der Waals surface area (Å²) in [5, 5.41) is 0. The summed E-state index contributed by atoms with van der Waals surface area (Å²) >= 11 is 0. The number of unbranched alkanes of at least 4 members (excludes halogenated alkanes) is 5. The van der Waals surface area contributed by atoms with Crippen LogP contribution in [0.5, 0.6) is 5.75 Å². The van der Waals surface area contributed by atoms with E-state index in [9.17, 15) is 8.78 Å². The van der Waals surface area contributed by atoms with E-state index in [2.05, 4.69) is 13.0 Å². The Bertz CT molecular complexity index is 1310. The zero-order valence-electron chi connectivity index (χ0n) is 24.4. The topological polar surface area (TPSA) is 27.7 Å². The summed E-state index contributed by atoms with van der Waals surface area (Å²) in [6.45, 7) is 5.27. The van der Waals surface area contributed by atoms with Crippen LogP contribution >= 0.6 is 0 Å². The molecule has 1 fully saturated rings. The standard InChI is InChI=1S/C35H40F4O3/c1-3-5-7-8-9-11-21-40-30-20-19-28(32(37)34(30)39)26-15-13-25(14-16-26)27-17-18-29(33(38)31(27)36)35-41-22-24(23-42-35)12-10-6-4-2/h4,6,13-20,24,35H,3,5,7-12,21-23H2,1-2H3/b6-4+. The van der Waals surface area contributed by atoms with Crippen molar-refractivity contribution in [2.45, 2.75) is 71.5 Å². The highest BCUT2D eigenvalue weighted by molar-refractivity contribution is 5.71. The Hall–Kier alpha value is -3.16. The quantitative estimate of drug-likeness (QED) is 0.107. The van der Waals surface area contributed by atoms with Crippen LogP contribution in [0.15, 0.2) is 60.7 Å². The van der Waals surface area contributed by atoms with Crippen LogP contribution in [0.1, 0.15) is 77.1 Å². The van der Waals surface area contributed by atoms with Gasteiger partial charge in [-0.25, -0.2) is 13.2 Å². The lowest BCUT2D eigenvalue weighted by atomic mass is 9.98. The van der Waals surface area contributed by atoms with Gasteiger partial charge in [-0.1, -0.05) is 87.6 Å². The molecule has 0 unspecified atom stereocenters. The zero-order valence-corrected chi connectivity index (χ0v) is 24.4. The molecular weight excluding hydrogens is 544 g/mol. The molecule has 1 aliphatic heterocycles. The normalized spacial score (nSPS) is 17.2. The van der Waals surface area contributed by atoms with Crippen LogP contribution in [0, 0.1) is 29.2 Å². The first-order chi connectivity index (χ1) is 20.4. The molecule has 0 radical (unpaired) electrons. The number of allylic oxidation sites excluding steroid dienone is 2. The van der Waals surface area contributed by atoms with Gasteiger partial charge in [0.15, 0.2) is 29.5 Å². The highest BCUT2D eigenvalue weighted by atomic mass is 19.2. The van der Waals surface area contributed by atoms with E-state index in [-0.39, 0.29) is 28.4 Å². The van der Waals surface area contributed by atoms with Gasteiger partial charge in [-0.3, -0.25) is 0 Å². The van der Waals surface area contributed by atoms with Crippen LogP contribution in [0.4, 0.5) is 17.6 Å². The Balaban J connectivity index is 1.39. The Labute approximate surface area is 246 Å². The number of halogens is 4. The number of benzene rings is 3. The summed E-state index contributed by atoms with van der Waals surface area (Å²) in [7, 11) is 0. The number of ether oxygens (including phenoxy) is 3. The summed E-state index contributed by atoms with van der Waals surface area (Å²) in [4.78, 5) is 0. The van der Waals surface area contributed by atoms with Gasteiger partial charge in [0.2, 0.25) is 5.82 Å². The van der Waals surface area contributed by atoms with Gasteiger partial charge in [0.1, 0.15) is 0 Å². The molecule has 0 aliphatic carbocycles. The van der Waals surface area contributed by atoms with Crippen molar-refractivity contribution in [2.24, 2.45) is 5.92 Å². The molecule has 1 aliphatic rings. The minimum Gasteiger partial charge on any atom is -0.490 e. The SMILES string of the molecule is C/C=C/CCC1COC(c2ccc(-c3ccc(-c4ccc(OCCCCCCCC)c(F)c4F)cc3)c(F)c2F)OC1. The van der Waals surface area contributed by atoms with E-state index in [4.69, 9.17) is 14.2 Å². The Morgan fingerprint density at radius 2 is 1.33 bits per heavy atom. The van der Waals surface area contributed by atoms with Crippen LogP contribution in [0.2, 0.25) is 0 Å². The van der Waals surface area contributed by atoms with Crippen molar-refractivity contribution >= 4 is 0 Å². The fourth-order valence-corrected chi connectivity index (χ4v) is 5.12. The molecule has 0 amide bonds. The van der Waals surface area contributed by atoms with Crippen molar-refractivity contribution in [3.63, 3.8) is 0 Å². The lowest BCUT2D eigenvalue weighted by molar-refractivity contribution is -0.207. The molecule has 7 heteroatoms. The van der Waals surface area contributed by atoms with Crippen molar-refractivity contribution < 1.29 is 31.8 Å². The second-order valence-corrected chi connectivity index (χ2v) is 10.8. The summed E-state index contributed by atoms with van der Waals surface area (Å²) < 4.78 is 76.8. The molecule has 226 valence electrons. The van der Waals surface area contributed by atoms with Gasteiger partial charge in [-0.2, -0.15) is 4.39 Å². The minimum absolute atomic E-state index is 0.0103. The second kappa shape index (κ2) is 15.9. The fourth-order valence-electron chi connectivity index (χ4n) is 5.12. The Morgan fingerprint density at radius 1 is 0.738 bits per heavy atom. The zero-order chi connectivity index (χ0) is 29.9. The molecule has 0 saturated carbocycles. The first-order valence-electron chi connectivity index (χ1n) is 15.0. The maximum Gasteiger partial charge on any atom is 0.201 e. The van der Waals surface area contributed by atoms with E-state index in [0.29, 0.717) is 30.9 Å². The van der Waals surface area contributed by atoms with Gasteiger partial charge in [0.25, 0.3) is 0 Å². The number of hydrogen-bond acceptors (Lipinski definition) is 3. The molecule has 4 rings (SSSR count). The molecule has 42 heavy (non-hydrogen) atoms. The summed E-state index contributed by atoms with van der Waals surface area (Å²) in [5.74, 6) is -4.02. The van der Waals surface area contributed by atoms with Crippen LogP contribution in [-0.2, 0) is 9.47 Å². The van der Waals surface area contributed by atoms with Crippen molar-refractivity contribution in [2.75, 3.05) is 19.8 Å². The first-order valence-corrected chi connectivity index (χ1v) is 15.0. The largest absolute Gasteiger partial charge is 0.490 e. The molecular formula is C35H40F4O3. The molecule has 0 aromatic heterocycles. The van der Waals surface area contributed by atoms with E-state index in [1.54, 1.807) is 24.3 Å². The van der Waals surface area contributed by atoms with Gasteiger partial charge in [-0.15, -0.1) is 0 Å². The number of rotatable bonds is 14. The van der Waals surface area contributed by atoms with Gasteiger partial charge in [0, 0.05) is 22.6 Å². The van der Waals surface area contributed by atoms with E-state index >= 15 is 8.78 Å². The summed E-state index contributed by atoms with van der Waals surface area (Å²) in [6, 6.07) is 12.0. The smallest absolute Gasteiger partial charge is 0.201 e. The maximum absolute atomic E-state index is 15.2. The fraction of sp³-hybridized carbons (Fsp3) is 0.429. The van der Waals surface area contributed by atoms with Crippen LogP contribution < -0.4 is 4.74 Å². The van der Waals surface area contributed by atoms with Gasteiger partial charge in [0.05, 0.1) is 19.8 Å². The average molecular weight is 585 g/mol. The molecule has 3 nitrogen and oxygen atoms in total. The average Bonchev–Trinajstić information content (AvgIpc) is 3.01. The lowest BCUT2D eigenvalue weighted by Gasteiger charge is -2.29. The molecule has 0 N–H and O–H groups in total. The Kier molecular flexibility index (Phi) is 12.0. The number of hydrogen-bond donors (Lipinski definition) is 0. The molecule has 3 aromatic rings. The second-order valence-electron chi connectivity index (χ2n) is 10.8. The molecule has 1 saturated heterocycles. The molecule has 0 spiro atoms. The third-order valence-corrected chi connectivity index (χ3v) is 7.62. The highest BCUT2D eigenvalue weighted by Gasteiger charge is 2.28. The molecule has 3 aromatic carbocycles. The minimum atomic E-state index is -1.04. The highest BCUT2D eigenvalue weighted by Crippen LogP contribution is 2.35. The van der Waals surface area contributed by atoms with E-state index in [0.717, 1.165) is 32.1 Å². The molecule has 1 heterocycles. The van der Waals surface area contributed by atoms with Crippen molar-refractivity contribution in [3.05, 3.63) is 89.5 Å². The monoisotopic (exact) mass is 584 g/mol. The first kappa shape index (κ1) is 31.8. The van der Waals surface area contributed by atoms with Gasteiger partial charge in [-0.05, 0) is 49.4 Å². The lowest BCUT2D eigenvalue weighted by Crippen LogP contribution is -2.27. The maximum atomic E-state index is 15.2. The van der Waals surface area contributed by atoms with Crippen molar-refractivity contribution in [1.82, 2.24) is 0 Å². The summed E-state index contributed by atoms with van der Waals surface area (Å²) in [6.07, 6.45) is 11.3. The third-order valence-electron chi connectivity index (χ3n) is 7.62.